The van der Waals surface area contributed by atoms with Gasteiger partial charge in [-0.05, 0) is 27.0 Å². The van der Waals surface area contributed by atoms with Crippen molar-refractivity contribution < 1.29 is 4.79 Å². The summed E-state index contributed by atoms with van der Waals surface area (Å²) in [6.07, 6.45) is 5.66. The van der Waals surface area contributed by atoms with E-state index in [1.165, 1.54) is 0 Å². The van der Waals surface area contributed by atoms with Crippen LogP contribution in [0, 0.1) is 0 Å². The first-order valence-electron chi connectivity index (χ1n) is 6.07. The molecule has 4 nitrogen and oxygen atoms in total. The maximum absolute atomic E-state index is 12.2. The zero-order valence-corrected chi connectivity index (χ0v) is 11.6. The Labute approximate surface area is 110 Å². The highest BCUT2D eigenvalue weighted by atomic mass is 16.1. The minimum Gasteiger partial charge on any atom is -0.366 e. The minimum absolute atomic E-state index is 0.0189. The molecular weight excluding hydrogens is 226 g/mol. The van der Waals surface area contributed by atoms with Crippen LogP contribution >= 0.6 is 0 Å². The van der Waals surface area contributed by atoms with E-state index in [4.69, 9.17) is 5.73 Å². The summed E-state index contributed by atoms with van der Waals surface area (Å²) in [7, 11) is 0. The van der Waals surface area contributed by atoms with Crippen molar-refractivity contribution in [1.82, 2.24) is 10.6 Å². The smallest absolute Gasteiger partial charge is 0.169 e. The number of hydrogen-bond donors (Lipinski definition) is 3. The molecule has 0 spiro atoms. The second kappa shape index (κ2) is 7.84. The van der Waals surface area contributed by atoms with E-state index >= 15 is 0 Å². The van der Waals surface area contributed by atoms with Crippen molar-refractivity contribution >= 4 is 5.78 Å². The molecule has 0 aliphatic rings. The van der Waals surface area contributed by atoms with Crippen molar-refractivity contribution in [2.45, 2.75) is 38.8 Å². The van der Waals surface area contributed by atoms with Crippen molar-refractivity contribution in [1.29, 1.82) is 0 Å². The molecule has 0 heterocycles. The van der Waals surface area contributed by atoms with Gasteiger partial charge in [0, 0.05) is 18.7 Å². The number of nitrogens with one attached hydrogen (secondary N) is 2. The Kier molecular flexibility index (Phi) is 7.24. The average Bonchev–Trinajstić information content (AvgIpc) is 2.34. The van der Waals surface area contributed by atoms with Gasteiger partial charge in [0.05, 0.1) is 11.6 Å². The van der Waals surface area contributed by atoms with E-state index in [2.05, 4.69) is 23.8 Å². The minimum atomic E-state index is -0.652. The van der Waals surface area contributed by atoms with Crippen LogP contribution in [0.3, 0.4) is 0 Å². The molecule has 0 aliphatic carbocycles. The zero-order valence-electron chi connectivity index (χ0n) is 11.6. The summed E-state index contributed by atoms with van der Waals surface area (Å²) in [6, 6.07) is -0.545. The molecule has 0 radical (unpaired) electrons. The number of nitrogens with two attached hydrogens (primary N) is 1. The van der Waals surface area contributed by atoms with Gasteiger partial charge in [-0.2, -0.15) is 0 Å². The fraction of sp³-hybridized carbons (Fsp3) is 0.500. The molecule has 0 rings (SSSR count). The van der Waals surface area contributed by atoms with Crippen LogP contribution in [-0.2, 0) is 4.79 Å². The molecule has 0 saturated heterocycles. The highest BCUT2D eigenvalue weighted by Crippen LogP contribution is 2.11. The van der Waals surface area contributed by atoms with Crippen molar-refractivity contribution in [3.05, 3.63) is 37.2 Å². The van der Waals surface area contributed by atoms with Gasteiger partial charge in [0.2, 0.25) is 0 Å². The molecule has 0 bridgehead atoms. The first kappa shape index (κ1) is 16.6. The molecular formula is C14H25N3O. The molecule has 0 aromatic heterocycles. The van der Waals surface area contributed by atoms with E-state index in [0.717, 1.165) is 5.70 Å². The third-order valence-corrected chi connectivity index (χ3v) is 2.72. The summed E-state index contributed by atoms with van der Waals surface area (Å²) in [5, 5.41) is 6.07. The van der Waals surface area contributed by atoms with Crippen LogP contribution in [-0.4, -0.2) is 23.9 Å². The first-order chi connectivity index (χ1) is 8.38. The molecule has 4 heteroatoms. The van der Waals surface area contributed by atoms with Gasteiger partial charge in [-0.1, -0.05) is 18.7 Å². The normalized spacial score (nSPS) is 13.9. The summed E-state index contributed by atoms with van der Waals surface area (Å²) in [4.78, 5) is 12.2. The van der Waals surface area contributed by atoms with Gasteiger partial charge in [0.15, 0.2) is 5.78 Å². The van der Waals surface area contributed by atoms with Gasteiger partial charge in [-0.3, -0.25) is 4.79 Å². The molecule has 0 aromatic rings. The van der Waals surface area contributed by atoms with Gasteiger partial charge < -0.3 is 16.4 Å². The lowest BCUT2D eigenvalue weighted by Crippen LogP contribution is -2.54. The summed E-state index contributed by atoms with van der Waals surface area (Å²) >= 11 is 0. The SMILES string of the molecule is C=CCNC(C)(C)C(=O)C(N)C/C(=C/C)NC=C. The zero-order chi connectivity index (χ0) is 14.2. The molecule has 1 atom stereocenters. The summed E-state index contributed by atoms with van der Waals surface area (Å²) in [6.45, 7) is 13.3. The van der Waals surface area contributed by atoms with Gasteiger partial charge >= 0.3 is 0 Å². The number of carbonyl (C=O) groups excluding carboxylic acids is 1. The van der Waals surface area contributed by atoms with Crippen LogP contribution < -0.4 is 16.4 Å². The van der Waals surface area contributed by atoms with Crippen molar-refractivity contribution in [3.63, 3.8) is 0 Å². The molecule has 18 heavy (non-hydrogen) atoms. The van der Waals surface area contributed by atoms with Crippen LogP contribution in [0.1, 0.15) is 27.2 Å². The molecule has 0 amide bonds. The Morgan fingerprint density at radius 1 is 1.44 bits per heavy atom. The predicted octanol–water partition coefficient (Wildman–Crippen LogP) is 1.46. The van der Waals surface area contributed by atoms with E-state index in [1.807, 2.05) is 26.8 Å². The fourth-order valence-corrected chi connectivity index (χ4v) is 1.60. The lowest BCUT2D eigenvalue weighted by molar-refractivity contribution is -0.125. The van der Waals surface area contributed by atoms with E-state index in [9.17, 15) is 4.79 Å². The Morgan fingerprint density at radius 2 is 2.06 bits per heavy atom. The van der Waals surface area contributed by atoms with E-state index in [1.54, 1.807) is 12.3 Å². The van der Waals surface area contributed by atoms with Crippen LogP contribution in [0.4, 0.5) is 0 Å². The van der Waals surface area contributed by atoms with Gasteiger partial charge in [0.25, 0.3) is 0 Å². The van der Waals surface area contributed by atoms with E-state index < -0.39 is 11.6 Å². The predicted molar refractivity (Wildman–Crippen MR) is 77.0 cm³/mol. The highest BCUT2D eigenvalue weighted by molar-refractivity contribution is 5.92. The topological polar surface area (TPSA) is 67.2 Å². The summed E-state index contributed by atoms with van der Waals surface area (Å²) < 4.78 is 0. The van der Waals surface area contributed by atoms with Crippen molar-refractivity contribution in [3.8, 4) is 0 Å². The van der Waals surface area contributed by atoms with Crippen LogP contribution in [0.25, 0.3) is 0 Å². The number of allylic oxidation sites excluding steroid dienone is 1. The number of rotatable bonds is 9. The quantitative estimate of drug-likeness (QED) is 0.543. The third kappa shape index (κ3) is 5.29. The lowest BCUT2D eigenvalue weighted by Gasteiger charge is -2.27. The Bertz CT molecular complexity index is 332. The molecule has 0 aliphatic heterocycles. The standard InChI is InChI=1S/C14H25N3O/c1-6-9-17-14(4,5)13(18)12(15)10-11(7-2)16-8-3/h6-8,12,16-17H,1,3,9-10,15H2,2,4-5H3/b11-7-. The molecule has 1 unspecified atom stereocenters. The first-order valence-corrected chi connectivity index (χ1v) is 6.07. The average molecular weight is 251 g/mol. The molecule has 0 aromatic carbocycles. The Morgan fingerprint density at radius 3 is 2.50 bits per heavy atom. The van der Waals surface area contributed by atoms with Gasteiger partial charge in [-0.15, -0.1) is 6.58 Å². The third-order valence-electron chi connectivity index (χ3n) is 2.72. The maximum atomic E-state index is 12.2. The fourth-order valence-electron chi connectivity index (χ4n) is 1.60. The van der Waals surface area contributed by atoms with E-state index in [0.29, 0.717) is 13.0 Å². The molecule has 4 N–H and O–H groups in total. The van der Waals surface area contributed by atoms with Crippen LogP contribution in [0.2, 0.25) is 0 Å². The number of ketones is 1. The highest BCUT2D eigenvalue weighted by Gasteiger charge is 2.31. The summed E-state index contributed by atoms with van der Waals surface area (Å²) in [5.74, 6) is -0.0189. The number of carbonyl (C=O) groups is 1. The molecule has 0 saturated carbocycles. The van der Waals surface area contributed by atoms with Crippen LogP contribution in [0.5, 0.6) is 0 Å². The summed E-state index contributed by atoms with van der Waals surface area (Å²) in [5.41, 5.74) is 6.19. The second-order valence-electron chi connectivity index (χ2n) is 4.63. The second-order valence-corrected chi connectivity index (χ2v) is 4.63. The lowest BCUT2D eigenvalue weighted by atomic mass is 9.91. The molecule has 0 fully saturated rings. The van der Waals surface area contributed by atoms with Gasteiger partial charge in [-0.25, -0.2) is 0 Å². The largest absolute Gasteiger partial charge is 0.366 e. The molecule has 102 valence electrons. The van der Waals surface area contributed by atoms with Crippen LogP contribution in [0.15, 0.2) is 37.2 Å². The monoisotopic (exact) mass is 251 g/mol. The maximum Gasteiger partial charge on any atom is 0.169 e. The number of Topliss-reactive ketones (excluding diaryl/α,β-unsaturated/α-hetero) is 1. The van der Waals surface area contributed by atoms with Gasteiger partial charge in [0.1, 0.15) is 0 Å². The Balaban J connectivity index is 4.57. The van der Waals surface area contributed by atoms with Crippen molar-refractivity contribution in [2.24, 2.45) is 5.73 Å². The van der Waals surface area contributed by atoms with E-state index in [-0.39, 0.29) is 5.78 Å². The van der Waals surface area contributed by atoms with Crippen molar-refractivity contribution in [2.75, 3.05) is 6.54 Å². The number of hydrogen-bond acceptors (Lipinski definition) is 4. The Hall–Kier alpha value is -1.39.